The molecule has 1 aliphatic heterocycles. The molecule has 1 aromatic heterocycles. The predicted molar refractivity (Wildman–Crippen MR) is 106 cm³/mol. The summed E-state index contributed by atoms with van der Waals surface area (Å²) in [6.45, 7) is 1.47. The van der Waals surface area contributed by atoms with Gasteiger partial charge in [-0.2, -0.15) is 0 Å². The van der Waals surface area contributed by atoms with Gasteiger partial charge >= 0.3 is 0 Å². The summed E-state index contributed by atoms with van der Waals surface area (Å²) in [4.78, 5) is 14.7. The first-order valence-electron chi connectivity index (χ1n) is 9.60. The van der Waals surface area contributed by atoms with Crippen LogP contribution in [0, 0.1) is 11.6 Å². The molecule has 1 atom stereocenters. The third kappa shape index (κ3) is 3.52. The smallest absolute Gasteiger partial charge is 0.242 e. The Morgan fingerprint density at radius 3 is 2.57 bits per heavy atom. The highest BCUT2D eigenvalue weighted by molar-refractivity contribution is 5.96. The van der Waals surface area contributed by atoms with E-state index in [0.29, 0.717) is 24.2 Å². The fourth-order valence-electron chi connectivity index (χ4n) is 3.97. The largest absolute Gasteiger partial charge is 0.341 e. The second-order valence-corrected chi connectivity index (χ2v) is 7.36. The Labute approximate surface area is 162 Å². The number of rotatable bonds is 3. The van der Waals surface area contributed by atoms with Crippen LogP contribution in [0.15, 0.2) is 48.7 Å². The van der Waals surface area contributed by atoms with Gasteiger partial charge in [-0.25, -0.2) is 8.78 Å². The Balaban J connectivity index is 1.70. The van der Waals surface area contributed by atoms with E-state index in [0.717, 1.165) is 24.6 Å². The summed E-state index contributed by atoms with van der Waals surface area (Å²) < 4.78 is 30.6. The number of halogens is 2. The van der Waals surface area contributed by atoms with Crippen LogP contribution < -0.4 is 5.73 Å². The van der Waals surface area contributed by atoms with Crippen LogP contribution in [0.4, 0.5) is 8.78 Å². The number of nitrogens with zero attached hydrogens (tertiary/aromatic N) is 2. The van der Waals surface area contributed by atoms with Crippen LogP contribution >= 0.6 is 0 Å². The van der Waals surface area contributed by atoms with E-state index in [9.17, 15) is 13.6 Å². The molecule has 1 aliphatic rings. The number of fused-ring (bicyclic) bond motifs is 1. The van der Waals surface area contributed by atoms with Gasteiger partial charge in [-0.05, 0) is 37.5 Å². The summed E-state index contributed by atoms with van der Waals surface area (Å²) >= 11 is 0. The minimum Gasteiger partial charge on any atom is -0.341 e. The van der Waals surface area contributed by atoms with E-state index in [-0.39, 0.29) is 24.1 Å². The number of hydrogen-bond acceptors (Lipinski definition) is 2. The van der Waals surface area contributed by atoms with Crippen molar-refractivity contribution >= 4 is 16.8 Å². The van der Waals surface area contributed by atoms with Crippen molar-refractivity contribution in [3.05, 3.63) is 60.3 Å². The van der Waals surface area contributed by atoms with E-state index in [1.807, 2.05) is 17.0 Å². The number of aromatic nitrogens is 1. The van der Waals surface area contributed by atoms with Crippen molar-refractivity contribution in [2.45, 2.75) is 31.8 Å². The van der Waals surface area contributed by atoms with Gasteiger partial charge in [0, 0.05) is 36.3 Å². The van der Waals surface area contributed by atoms with Gasteiger partial charge in [0.25, 0.3) is 0 Å². The normalized spacial score (nSPS) is 17.7. The van der Waals surface area contributed by atoms with E-state index >= 15 is 0 Å². The Hall–Kier alpha value is -2.73. The number of para-hydroxylation sites is 1. The summed E-state index contributed by atoms with van der Waals surface area (Å²) in [6.07, 6.45) is 4.41. The van der Waals surface area contributed by atoms with Crippen molar-refractivity contribution in [1.29, 1.82) is 0 Å². The number of amides is 1. The highest BCUT2D eigenvalue weighted by atomic mass is 19.1. The fourth-order valence-corrected chi connectivity index (χ4v) is 3.97. The van der Waals surface area contributed by atoms with Gasteiger partial charge < -0.3 is 15.2 Å². The molecule has 2 aromatic carbocycles. The zero-order chi connectivity index (χ0) is 19.7. The van der Waals surface area contributed by atoms with Gasteiger partial charge in [0.1, 0.15) is 18.2 Å². The monoisotopic (exact) mass is 383 g/mol. The summed E-state index contributed by atoms with van der Waals surface area (Å²) in [6, 6.07) is 11.2. The van der Waals surface area contributed by atoms with Crippen molar-refractivity contribution in [3.63, 3.8) is 0 Å². The van der Waals surface area contributed by atoms with Crippen LogP contribution in [0.25, 0.3) is 22.0 Å². The van der Waals surface area contributed by atoms with Gasteiger partial charge in [0.15, 0.2) is 0 Å². The number of hydrogen-bond donors (Lipinski definition) is 1. The minimum atomic E-state index is -0.618. The summed E-state index contributed by atoms with van der Waals surface area (Å²) in [5.74, 6) is -1.24. The van der Waals surface area contributed by atoms with Crippen LogP contribution in [0.2, 0.25) is 0 Å². The molecule has 1 saturated heterocycles. The molecule has 0 aliphatic carbocycles. The second kappa shape index (κ2) is 7.72. The molecule has 3 aromatic rings. The Kier molecular flexibility index (Phi) is 5.13. The highest BCUT2D eigenvalue weighted by Crippen LogP contribution is 2.33. The first kappa shape index (κ1) is 18.6. The van der Waals surface area contributed by atoms with Crippen LogP contribution in [0.3, 0.4) is 0 Å². The van der Waals surface area contributed by atoms with E-state index in [1.54, 1.807) is 22.9 Å². The van der Waals surface area contributed by atoms with Crippen molar-refractivity contribution in [1.82, 2.24) is 9.47 Å². The average Bonchev–Trinajstić information content (AvgIpc) is 2.94. The van der Waals surface area contributed by atoms with Crippen molar-refractivity contribution in [2.75, 3.05) is 13.1 Å². The first-order valence-corrected chi connectivity index (χ1v) is 9.60. The quantitative estimate of drug-likeness (QED) is 0.745. The predicted octanol–water partition coefficient (Wildman–Crippen LogP) is 3.93. The third-order valence-corrected chi connectivity index (χ3v) is 5.45. The van der Waals surface area contributed by atoms with E-state index < -0.39 is 11.6 Å². The molecule has 0 unspecified atom stereocenters. The molecule has 1 amide bonds. The van der Waals surface area contributed by atoms with Crippen molar-refractivity contribution in [3.8, 4) is 11.1 Å². The number of carbonyl (C=O) groups excluding carboxylic acids is 1. The van der Waals surface area contributed by atoms with Gasteiger partial charge in [-0.3, -0.25) is 4.79 Å². The second-order valence-electron chi connectivity index (χ2n) is 7.36. The van der Waals surface area contributed by atoms with Crippen LogP contribution in [0.5, 0.6) is 0 Å². The van der Waals surface area contributed by atoms with E-state index in [2.05, 4.69) is 0 Å². The molecule has 146 valence electrons. The van der Waals surface area contributed by atoms with Crippen molar-refractivity contribution in [2.24, 2.45) is 5.73 Å². The zero-order valence-electron chi connectivity index (χ0n) is 15.6. The van der Waals surface area contributed by atoms with Gasteiger partial charge in [-0.15, -0.1) is 0 Å². The Morgan fingerprint density at radius 2 is 1.79 bits per heavy atom. The third-order valence-electron chi connectivity index (χ3n) is 5.45. The Morgan fingerprint density at radius 1 is 1.04 bits per heavy atom. The first-order chi connectivity index (χ1) is 13.5. The molecule has 0 radical (unpaired) electrons. The van der Waals surface area contributed by atoms with Gasteiger partial charge in [0.2, 0.25) is 5.91 Å². The molecule has 0 saturated carbocycles. The lowest BCUT2D eigenvalue weighted by atomic mass is 10.0. The summed E-state index contributed by atoms with van der Waals surface area (Å²) in [5.41, 5.74) is 7.04. The minimum absolute atomic E-state index is 0.00425. The molecule has 0 spiro atoms. The van der Waals surface area contributed by atoms with Gasteiger partial charge in [-0.1, -0.05) is 24.3 Å². The maximum absolute atomic E-state index is 14.4. The molecular weight excluding hydrogens is 360 g/mol. The topological polar surface area (TPSA) is 51.3 Å². The van der Waals surface area contributed by atoms with Crippen LogP contribution in [-0.2, 0) is 11.3 Å². The molecule has 4 rings (SSSR count). The van der Waals surface area contributed by atoms with Gasteiger partial charge in [0.05, 0.1) is 11.1 Å². The molecular formula is C22H23F2N3O. The lowest BCUT2D eigenvalue weighted by Crippen LogP contribution is -2.35. The number of carbonyl (C=O) groups is 1. The summed E-state index contributed by atoms with van der Waals surface area (Å²) in [7, 11) is 0. The molecule has 2 heterocycles. The molecule has 2 N–H and O–H groups in total. The molecule has 6 heteroatoms. The van der Waals surface area contributed by atoms with Crippen molar-refractivity contribution < 1.29 is 13.6 Å². The maximum atomic E-state index is 14.4. The number of likely N-dealkylation sites (tertiary alicyclic amines) is 1. The number of benzene rings is 2. The van der Waals surface area contributed by atoms with Crippen LogP contribution in [0.1, 0.15) is 19.3 Å². The maximum Gasteiger partial charge on any atom is 0.242 e. The SMILES string of the molecule is N[C@H]1CCCN(C(=O)Cn2ccc3cccc(-c4c(F)cccc4F)c32)CC1. The average molecular weight is 383 g/mol. The summed E-state index contributed by atoms with van der Waals surface area (Å²) in [5, 5.41) is 0.839. The van der Waals surface area contributed by atoms with E-state index in [1.165, 1.54) is 18.2 Å². The van der Waals surface area contributed by atoms with Crippen LogP contribution in [-0.4, -0.2) is 34.5 Å². The lowest BCUT2D eigenvalue weighted by Gasteiger charge is -2.21. The molecule has 28 heavy (non-hydrogen) atoms. The molecule has 4 nitrogen and oxygen atoms in total. The van der Waals surface area contributed by atoms with E-state index in [4.69, 9.17) is 5.73 Å². The lowest BCUT2D eigenvalue weighted by molar-refractivity contribution is -0.131. The zero-order valence-corrected chi connectivity index (χ0v) is 15.6. The number of nitrogens with two attached hydrogens (primary N) is 1. The standard InChI is InChI=1S/C22H23F2N3O/c23-18-7-2-8-19(24)21(18)17-6-1-4-15-9-12-27(22(15)17)14-20(28)26-11-3-5-16(25)10-13-26/h1-2,4,6-9,12,16H,3,5,10-11,13-14,25H2/t16-/m0/s1. The highest BCUT2D eigenvalue weighted by Gasteiger charge is 2.21. The Bertz CT molecular complexity index is 994. The molecule has 0 bridgehead atoms. The fraction of sp³-hybridized carbons (Fsp3) is 0.318. The molecule has 1 fully saturated rings.